The monoisotopic (exact) mass is 383 g/mol. The molecule has 3 heterocycles. The van der Waals surface area contributed by atoms with E-state index in [1.807, 2.05) is 24.3 Å². The molecule has 8 nitrogen and oxygen atoms in total. The van der Waals surface area contributed by atoms with E-state index in [9.17, 15) is 0 Å². The number of aromatic nitrogens is 5. The molecule has 0 bridgehead atoms. The normalized spacial score (nSPS) is 15.3. The summed E-state index contributed by atoms with van der Waals surface area (Å²) in [5.41, 5.74) is 0.824. The summed E-state index contributed by atoms with van der Waals surface area (Å²) in [4.78, 5) is 4.48. The van der Waals surface area contributed by atoms with E-state index in [4.69, 9.17) is 14.0 Å². The van der Waals surface area contributed by atoms with Crippen LogP contribution in [0.1, 0.15) is 30.5 Å². The number of ether oxygens (including phenoxy) is 2. The molecule has 0 unspecified atom stereocenters. The first-order chi connectivity index (χ1) is 13.3. The van der Waals surface area contributed by atoms with Gasteiger partial charge in [0.2, 0.25) is 18.5 Å². The van der Waals surface area contributed by atoms with Gasteiger partial charge in [-0.25, -0.2) is 0 Å². The summed E-state index contributed by atoms with van der Waals surface area (Å²) >= 11 is 1.54. The van der Waals surface area contributed by atoms with Crippen molar-refractivity contribution in [3.8, 4) is 22.9 Å². The standard InChI is InChI=1S/C18H17N5O3S/c1-2-7-23-17(11-3-4-11)20-21-18(23)27-9-15-19-16(22-26-15)12-5-6-13-14(8-12)25-10-24-13/h2,5-6,8,11H,1,3-4,7,9-10H2. The molecule has 27 heavy (non-hydrogen) atoms. The molecular weight excluding hydrogens is 366 g/mol. The average Bonchev–Trinajstić information content (AvgIpc) is 3.09. The lowest BCUT2D eigenvalue weighted by molar-refractivity contribution is 0.174. The van der Waals surface area contributed by atoms with Crippen LogP contribution in [0, 0.1) is 0 Å². The zero-order valence-electron chi connectivity index (χ0n) is 14.5. The van der Waals surface area contributed by atoms with Crippen molar-refractivity contribution < 1.29 is 14.0 Å². The van der Waals surface area contributed by atoms with Gasteiger partial charge in [0, 0.05) is 18.0 Å². The lowest BCUT2D eigenvalue weighted by Crippen LogP contribution is -2.02. The molecule has 0 atom stereocenters. The summed E-state index contributed by atoms with van der Waals surface area (Å²) in [6, 6.07) is 5.59. The maximum Gasteiger partial charge on any atom is 0.237 e. The molecule has 1 saturated carbocycles. The molecule has 1 aliphatic carbocycles. The van der Waals surface area contributed by atoms with Gasteiger partial charge in [0.1, 0.15) is 5.82 Å². The van der Waals surface area contributed by atoms with Crippen LogP contribution in [0.15, 0.2) is 40.5 Å². The summed E-state index contributed by atoms with van der Waals surface area (Å²) < 4.78 is 18.2. The van der Waals surface area contributed by atoms with Crippen LogP contribution in [0.3, 0.4) is 0 Å². The average molecular weight is 383 g/mol. The predicted octanol–water partition coefficient (Wildman–Crippen LogP) is 3.41. The highest BCUT2D eigenvalue weighted by atomic mass is 32.2. The number of benzene rings is 1. The summed E-state index contributed by atoms with van der Waals surface area (Å²) in [5, 5.41) is 13.6. The van der Waals surface area contributed by atoms with Crippen molar-refractivity contribution in [2.24, 2.45) is 0 Å². The van der Waals surface area contributed by atoms with E-state index in [0.717, 1.165) is 22.3 Å². The van der Waals surface area contributed by atoms with E-state index in [1.165, 1.54) is 24.6 Å². The quantitative estimate of drug-likeness (QED) is 0.453. The summed E-state index contributed by atoms with van der Waals surface area (Å²) in [5.74, 6) is 4.59. The molecule has 138 valence electrons. The minimum absolute atomic E-state index is 0.237. The second kappa shape index (κ2) is 6.73. The lowest BCUT2D eigenvalue weighted by Gasteiger charge is -2.05. The predicted molar refractivity (Wildman–Crippen MR) is 97.6 cm³/mol. The number of hydrogen-bond donors (Lipinski definition) is 0. The molecule has 0 saturated heterocycles. The summed E-state index contributed by atoms with van der Waals surface area (Å²) in [7, 11) is 0. The highest BCUT2D eigenvalue weighted by molar-refractivity contribution is 7.98. The van der Waals surface area contributed by atoms with Gasteiger partial charge in [0.25, 0.3) is 0 Å². The number of allylic oxidation sites excluding steroid dienone is 1. The smallest absolute Gasteiger partial charge is 0.237 e. The summed E-state index contributed by atoms with van der Waals surface area (Å²) in [6.45, 7) is 4.77. The van der Waals surface area contributed by atoms with Gasteiger partial charge >= 0.3 is 0 Å². The fourth-order valence-corrected chi connectivity index (χ4v) is 3.74. The number of hydrogen-bond acceptors (Lipinski definition) is 8. The Morgan fingerprint density at radius 2 is 2.11 bits per heavy atom. The van der Waals surface area contributed by atoms with Crippen LogP contribution in [0.25, 0.3) is 11.4 Å². The van der Waals surface area contributed by atoms with Crippen molar-refractivity contribution in [1.82, 2.24) is 24.9 Å². The Hall–Kier alpha value is -2.81. The molecular formula is C18H17N5O3S. The molecule has 1 aromatic carbocycles. The SMILES string of the molecule is C=CCn1c(SCc2nc(-c3ccc4c(c3)OCO4)no2)nnc1C1CC1. The molecule has 0 spiro atoms. The highest BCUT2D eigenvalue weighted by Crippen LogP contribution is 2.40. The van der Waals surface area contributed by atoms with Crippen molar-refractivity contribution in [1.29, 1.82) is 0 Å². The third-order valence-electron chi connectivity index (χ3n) is 4.42. The van der Waals surface area contributed by atoms with Crippen LogP contribution in [0.2, 0.25) is 0 Å². The molecule has 1 aliphatic heterocycles. The van der Waals surface area contributed by atoms with E-state index in [-0.39, 0.29) is 6.79 Å². The number of fused-ring (bicyclic) bond motifs is 1. The van der Waals surface area contributed by atoms with Crippen LogP contribution in [-0.2, 0) is 12.3 Å². The van der Waals surface area contributed by atoms with Crippen LogP contribution >= 0.6 is 11.8 Å². The fourth-order valence-electron chi connectivity index (χ4n) is 2.94. The van der Waals surface area contributed by atoms with Gasteiger partial charge in [-0.3, -0.25) is 0 Å². The molecule has 1 fully saturated rings. The maximum atomic E-state index is 5.40. The van der Waals surface area contributed by atoms with Crippen LogP contribution in [0.5, 0.6) is 11.5 Å². The second-order valence-electron chi connectivity index (χ2n) is 6.38. The van der Waals surface area contributed by atoms with Crippen molar-refractivity contribution in [3.05, 3.63) is 42.6 Å². The van der Waals surface area contributed by atoms with Gasteiger partial charge in [-0.1, -0.05) is 23.0 Å². The Morgan fingerprint density at radius 3 is 2.96 bits per heavy atom. The number of rotatable bonds is 7. The van der Waals surface area contributed by atoms with Crippen LogP contribution < -0.4 is 9.47 Å². The Labute approximate surface area is 159 Å². The largest absolute Gasteiger partial charge is 0.454 e. The Balaban J connectivity index is 1.31. The minimum atomic E-state index is 0.237. The van der Waals surface area contributed by atoms with Crippen molar-refractivity contribution in [2.45, 2.75) is 36.2 Å². The van der Waals surface area contributed by atoms with E-state index in [2.05, 4.69) is 31.5 Å². The first-order valence-electron chi connectivity index (χ1n) is 8.71. The number of nitrogens with zero attached hydrogens (tertiary/aromatic N) is 5. The van der Waals surface area contributed by atoms with Gasteiger partial charge in [0.15, 0.2) is 16.7 Å². The van der Waals surface area contributed by atoms with Gasteiger partial charge in [0.05, 0.1) is 5.75 Å². The topological polar surface area (TPSA) is 88.1 Å². The summed E-state index contributed by atoms with van der Waals surface area (Å²) in [6.07, 6.45) is 4.23. The maximum absolute atomic E-state index is 5.40. The zero-order chi connectivity index (χ0) is 18.2. The van der Waals surface area contributed by atoms with E-state index < -0.39 is 0 Å². The molecule has 0 N–H and O–H groups in total. The molecule has 0 amide bonds. The first kappa shape index (κ1) is 16.4. The molecule has 5 rings (SSSR count). The van der Waals surface area contributed by atoms with Gasteiger partial charge in [-0.05, 0) is 31.0 Å². The lowest BCUT2D eigenvalue weighted by atomic mass is 10.2. The molecule has 9 heteroatoms. The van der Waals surface area contributed by atoms with Crippen LogP contribution in [-0.4, -0.2) is 31.7 Å². The Kier molecular flexibility index (Phi) is 4.08. The Morgan fingerprint density at radius 1 is 1.22 bits per heavy atom. The van der Waals surface area contributed by atoms with Crippen molar-refractivity contribution in [3.63, 3.8) is 0 Å². The van der Waals surface area contributed by atoms with Gasteiger partial charge in [-0.2, -0.15) is 4.98 Å². The molecule has 2 aliphatic rings. The third-order valence-corrected chi connectivity index (χ3v) is 5.37. The first-order valence-corrected chi connectivity index (χ1v) is 9.70. The highest BCUT2D eigenvalue weighted by Gasteiger charge is 2.30. The van der Waals surface area contributed by atoms with Crippen LogP contribution in [0.4, 0.5) is 0 Å². The molecule has 2 aromatic heterocycles. The fraction of sp³-hybridized carbons (Fsp3) is 0.333. The zero-order valence-corrected chi connectivity index (χ0v) is 15.3. The van der Waals surface area contributed by atoms with Crippen molar-refractivity contribution >= 4 is 11.8 Å². The third kappa shape index (κ3) is 3.18. The van der Waals surface area contributed by atoms with Gasteiger partial charge in [-0.15, -0.1) is 16.8 Å². The van der Waals surface area contributed by atoms with Crippen molar-refractivity contribution in [2.75, 3.05) is 6.79 Å². The minimum Gasteiger partial charge on any atom is -0.454 e. The molecule has 3 aromatic rings. The number of thioether (sulfide) groups is 1. The van der Waals surface area contributed by atoms with Gasteiger partial charge < -0.3 is 18.6 Å². The van der Waals surface area contributed by atoms with E-state index in [0.29, 0.717) is 35.7 Å². The molecule has 0 radical (unpaired) electrons. The Bertz CT molecular complexity index is 995. The second-order valence-corrected chi connectivity index (χ2v) is 7.33. The van der Waals surface area contributed by atoms with E-state index >= 15 is 0 Å². The van der Waals surface area contributed by atoms with E-state index in [1.54, 1.807) is 0 Å².